The van der Waals surface area contributed by atoms with E-state index in [1.807, 2.05) is 48.8 Å². The third-order valence-corrected chi connectivity index (χ3v) is 2.72. The average Bonchev–Trinajstić information content (AvgIpc) is 2.49. The summed E-state index contributed by atoms with van der Waals surface area (Å²) in [6.07, 6.45) is 8.99. The molecule has 0 aliphatic rings. The Labute approximate surface area is 144 Å². The van der Waals surface area contributed by atoms with Crippen molar-refractivity contribution >= 4 is 37.7 Å². The minimum absolute atomic E-state index is 0. The number of hydrogen-bond donors (Lipinski definition) is 0. The van der Waals surface area contributed by atoms with Crippen LogP contribution >= 0.6 is 0 Å². The van der Waals surface area contributed by atoms with Gasteiger partial charge < -0.3 is 2.85 Å². The molecule has 0 bridgehead atoms. The van der Waals surface area contributed by atoms with Gasteiger partial charge >= 0.3 is 37.7 Å². The molecule has 0 atom stereocenters. The fraction of sp³-hybridized carbons (Fsp3) is 0. The van der Waals surface area contributed by atoms with Gasteiger partial charge in [0.15, 0.2) is 0 Å². The van der Waals surface area contributed by atoms with Gasteiger partial charge in [-0.15, -0.1) is 0 Å². The van der Waals surface area contributed by atoms with Gasteiger partial charge in [-0.05, 0) is 24.3 Å². The Morgan fingerprint density at radius 3 is 2.00 bits per heavy atom. The second-order valence-electron chi connectivity index (χ2n) is 3.88. The summed E-state index contributed by atoms with van der Waals surface area (Å²) in [5.74, 6) is 0. The molecule has 0 spiro atoms. The van der Waals surface area contributed by atoms with Crippen LogP contribution in [0.25, 0.3) is 22.4 Å². The summed E-state index contributed by atoms with van der Waals surface area (Å²) in [5, 5.41) is 0. The van der Waals surface area contributed by atoms with Crippen LogP contribution in [0.5, 0.6) is 0 Å². The first-order valence-corrected chi connectivity index (χ1v) is 5.71. The molecular weight excluding hydrogens is 262 g/mol. The molecule has 0 aliphatic heterocycles. The maximum Gasteiger partial charge on any atom is 2.00 e. The van der Waals surface area contributed by atoms with E-state index in [-0.39, 0.29) is 40.6 Å². The van der Waals surface area contributed by atoms with Crippen LogP contribution < -0.4 is 0 Å². The van der Waals surface area contributed by atoms with E-state index in [1.54, 1.807) is 18.6 Å². The summed E-state index contributed by atoms with van der Waals surface area (Å²) in [4.78, 5) is 12.8. The molecule has 3 heterocycles. The van der Waals surface area contributed by atoms with Crippen LogP contribution in [-0.4, -0.2) is 52.7 Å². The second-order valence-corrected chi connectivity index (χ2v) is 3.88. The molecule has 19 heavy (non-hydrogen) atoms. The SMILES string of the molecule is [Ca+2].[H-].[H-].c1cncc(-c2cccnc2-c2cccnc2)c1. The first-order chi connectivity index (χ1) is 8.95. The predicted octanol–water partition coefficient (Wildman–Crippen LogP) is 3.05. The molecule has 0 aliphatic carbocycles. The maximum absolute atomic E-state index is 4.46. The fourth-order valence-electron chi connectivity index (χ4n) is 1.89. The fourth-order valence-corrected chi connectivity index (χ4v) is 1.89. The zero-order valence-electron chi connectivity index (χ0n) is 12.4. The Hall–Kier alpha value is -1.29. The average molecular weight is 275 g/mol. The molecule has 4 heteroatoms. The third-order valence-electron chi connectivity index (χ3n) is 2.72. The van der Waals surface area contributed by atoms with Crippen molar-refractivity contribution in [2.24, 2.45) is 0 Å². The van der Waals surface area contributed by atoms with Crippen molar-refractivity contribution in [3.63, 3.8) is 0 Å². The second kappa shape index (κ2) is 6.75. The van der Waals surface area contributed by atoms with Crippen LogP contribution in [0.1, 0.15) is 2.85 Å². The van der Waals surface area contributed by atoms with E-state index in [4.69, 9.17) is 0 Å². The first kappa shape index (κ1) is 14.1. The van der Waals surface area contributed by atoms with Gasteiger partial charge in [0, 0.05) is 47.7 Å². The van der Waals surface area contributed by atoms with E-state index in [9.17, 15) is 0 Å². The normalized spacial score (nSPS) is 9.68. The molecule has 3 rings (SSSR count). The van der Waals surface area contributed by atoms with Crippen molar-refractivity contribution in [1.29, 1.82) is 0 Å². The van der Waals surface area contributed by atoms with E-state index >= 15 is 0 Å². The smallest absolute Gasteiger partial charge is 1.00 e. The van der Waals surface area contributed by atoms with Gasteiger partial charge in [0.05, 0.1) is 5.69 Å². The molecule has 0 saturated heterocycles. The van der Waals surface area contributed by atoms with Crippen LogP contribution in [-0.2, 0) is 0 Å². The van der Waals surface area contributed by atoms with Crippen molar-refractivity contribution in [3.05, 3.63) is 67.4 Å². The van der Waals surface area contributed by atoms with Crippen LogP contribution in [0.3, 0.4) is 0 Å². The van der Waals surface area contributed by atoms with Crippen molar-refractivity contribution < 1.29 is 2.85 Å². The van der Waals surface area contributed by atoms with Crippen LogP contribution in [0.2, 0.25) is 0 Å². The number of aromatic nitrogens is 3. The van der Waals surface area contributed by atoms with Crippen molar-refractivity contribution in [2.45, 2.75) is 0 Å². The summed E-state index contributed by atoms with van der Waals surface area (Å²) < 4.78 is 0. The molecule has 3 aromatic rings. The molecule has 3 nitrogen and oxygen atoms in total. The van der Waals surface area contributed by atoms with Gasteiger partial charge in [0.25, 0.3) is 0 Å². The van der Waals surface area contributed by atoms with Crippen molar-refractivity contribution in [3.8, 4) is 22.4 Å². The Morgan fingerprint density at radius 1 is 0.737 bits per heavy atom. The molecule has 0 radical (unpaired) electrons. The molecule has 0 fully saturated rings. The summed E-state index contributed by atoms with van der Waals surface area (Å²) in [7, 11) is 0. The monoisotopic (exact) mass is 275 g/mol. The van der Waals surface area contributed by atoms with Gasteiger partial charge in [-0.2, -0.15) is 0 Å². The Kier molecular flexibility index (Phi) is 5.02. The minimum Gasteiger partial charge on any atom is -1.00 e. The summed E-state index contributed by atoms with van der Waals surface area (Å²) >= 11 is 0. The Morgan fingerprint density at radius 2 is 1.37 bits per heavy atom. The van der Waals surface area contributed by atoms with Crippen LogP contribution in [0.4, 0.5) is 0 Å². The molecular formula is C15H13CaN3. The minimum atomic E-state index is 0. The Bertz CT molecular complexity index is 593. The molecule has 90 valence electrons. The van der Waals surface area contributed by atoms with E-state index in [2.05, 4.69) is 15.0 Å². The molecule has 0 aromatic carbocycles. The van der Waals surface area contributed by atoms with E-state index < -0.39 is 0 Å². The zero-order valence-corrected chi connectivity index (χ0v) is 12.6. The zero-order chi connectivity index (χ0) is 12.2. The van der Waals surface area contributed by atoms with Crippen molar-refractivity contribution in [1.82, 2.24) is 15.0 Å². The van der Waals surface area contributed by atoms with Gasteiger partial charge in [-0.1, -0.05) is 12.1 Å². The summed E-state index contributed by atoms with van der Waals surface area (Å²) in [6, 6.07) is 11.9. The topological polar surface area (TPSA) is 38.7 Å². The molecule has 0 saturated carbocycles. The quantitative estimate of drug-likeness (QED) is 0.675. The standard InChI is InChI=1S/C15H11N3.Ca.2H/c1-4-12(10-16-7-1)14-6-3-9-18-15(14)13-5-2-8-17-11-13;;;/h1-11H;;;/q;+2;2*-1. The maximum atomic E-state index is 4.46. The van der Waals surface area contributed by atoms with E-state index in [0.717, 1.165) is 22.4 Å². The number of nitrogens with zero attached hydrogens (tertiary/aromatic N) is 3. The van der Waals surface area contributed by atoms with Crippen LogP contribution in [0.15, 0.2) is 67.4 Å². The number of hydrogen-bond acceptors (Lipinski definition) is 3. The van der Waals surface area contributed by atoms with Crippen molar-refractivity contribution in [2.75, 3.05) is 0 Å². The van der Waals surface area contributed by atoms with Gasteiger partial charge in [0.2, 0.25) is 0 Å². The molecule has 0 amide bonds. The predicted molar refractivity (Wildman–Crippen MR) is 78.7 cm³/mol. The largest absolute Gasteiger partial charge is 2.00 e. The first-order valence-electron chi connectivity index (χ1n) is 5.71. The van der Waals surface area contributed by atoms with Gasteiger partial charge in [-0.3, -0.25) is 15.0 Å². The van der Waals surface area contributed by atoms with E-state index in [0.29, 0.717) is 0 Å². The number of pyridine rings is 3. The summed E-state index contributed by atoms with van der Waals surface area (Å²) in [6.45, 7) is 0. The Balaban J connectivity index is 0.00000133. The van der Waals surface area contributed by atoms with Gasteiger partial charge in [-0.25, -0.2) is 0 Å². The number of rotatable bonds is 2. The van der Waals surface area contributed by atoms with E-state index in [1.165, 1.54) is 0 Å². The third kappa shape index (κ3) is 3.18. The summed E-state index contributed by atoms with van der Waals surface area (Å²) in [5.41, 5.74) is 4.07. The van der Waals surface area contributed by atoms with Gasteiger partial charge in [0.1, 0.15) is 0 Å². The molecule has 0 N–H and O–H groups in total. The molecule has 3 aromatic heterocycles. The molecule has 0 unspecified atom stereocenters. The van der Waals surface area contributed by atoms with Crippen LogP contribution in [0, 0.1) is 0 Å².